The second-order valence-corrected chi connectivity index (χ2v) is 18.6. The molecule has 3 rings (SSSR count). The number of nitrogens with one attached hydrogen (secondary N) is 7. The number of hydrogen-bond donors (Lipinski definition) is 17. The minimum absolute atomic E-state index is 0.0425. The molecule has 0 aliphatic carbocycles. The number of guanidine groups is 3. The summed E-state index contributed by atoms with van der Waals surface area (Å²) in [5.41, 5.74) is 40.9. The van der Waals surface area contributed by atoms with Gasteiger partial charge in [-0.25, -0.2) is 4.79 Å². The zero-order valence-corrected chi connectivity index (χ0v) is 44.8. The van der Waals surface area contributed by atoms with Crippen LogP contribution in [0.15, 0.2) is 75.8 Å². The summed E-state index contributed by atoms with van der Waals surface area (Å²) in [6.07, 6.45) is 2.20. The molecule has 0 aliphatic rings. The Morgan fingerprint density at radius 1 is 0.584 bits per heavy atom. The number of carboxylic acids is 1. The minimum atomic E-state index is -1.41. The largest absolute Gasteiger partial charge is 0.480 e. The smallest absolute Gasteiger partial charge is 0.327 e. The number of aromatic amines is 1. The molecule has 2 aromatic carbocycles. The summed E-state index contributed by atoms with van der Waals surface area (Å²) in [6.45, 7) is 1.67. The van der Waals surface area contributed by atoms with Crippen molar-refractivity contribution in [2.75, 3.05) is 38.2 Å². The Balaban J connectivity index is 1.96. The maximum atomic E-state index is 14.9. The molecule has 29 heteroatoms. The Morgan fingerprint density at radius 3 is 1.66 bits per heavy atom. The Morgan fingerprint density at radius 2 is 1.08 bits per heavy atom. The van der Waals surface area contributed by atoms with Crippen LogP contribution < -0.4 is 72.0 Å². The van der Waals surface area contributed by atoms with Crippen LogP contribution in [-0.2, 0) is 51.2 Å². The number of aliphatic imine (C=N–C) groups is 3. The number of benzene rings is 2. The van der Waals surface area contributed by atoms with E-state index < -0.39 is 95.7 Å². The van der Waals surface area contributed by atoms with Gasteiger partial charge in [0.05, 0.1) is 6.04 Å². The molecule has 8 atom stereocenters. The molecule has 0 bridgehead atoms. The van der Waals surface area contributed by atoms with E-state index in [1.165, 1.54) is 14.0 Å². The molecule has 0 aliphatic heterocycles. The number of para-hydroxylation sites is 1. The van der Waals surface area contributed by atoms with Gasteiger partial charge in [0, 0.05) is 68.1 Å². The van der Waals surface area contributed by atoms with Crippen molar-refractivity contribution < 1.29 is 43.5 Å². The number of amides is 7. The van der Waals surface area contributed by atoms with E-state index in [4.69, 9.17) is 40.1 Å². The Hall–Kier alpha value is -7.79. The lowest BCUT2D eigenvalue weighted by molar-refractivity contribution is -0.144. The van der Waals surface area contributed by atoms with Crippen molar-refractivity contribution in [2.45, 2.75) is 107 Å². The second kappa shape index (κ2) is 32.6. The molecule has 1 aromatic heterocycles. The van der Waals surface area contributed by atoms with E-state index in [0.29, 0.717) is 17.5 Å². The van der Waals surface area contributed by atoms with Gasteiger partial charge in [0.25, 0.3) is 0 Å². The lowest BCUT2D eigenvalue weighted by atomic mass is 10.0. The van der Waals surface area contributed by atoms with Crippen LogP contribution in [-0.4, -0.2) is 167 Å². The summed E-state index contributed by atoms with van der Waals surface area (Å²) in [5.74, 6) is -7.83. The number of rotatable bonds is 33. The number of nitrogens with two attached hydrogens (primary N) is 7. The summed E-state index contributed by atoms with van der Waals surface area (Å²) in [6, 6.07) is 5.47. The SMILES string of the molecule is C[C@@H](NC(=O)[C@H](CS)NC(=O)[C@@H](N)CCCN=C(N)N)C(=O)N[C@@H](CCCN=C(N)N)C(=O)N[C@H](Cc1ccccc1)C(=O)N(C)[C@@H](CCCN=C(N)N)C(=O)N[C@H](Cc1c[nH]c2ccccc12)C(=O)N[C@@H](CS)C(=O)O. The standard InChI is InChI=1S/C48H74N18O9S2/c1-26(60-42(71)35(24-76)64-39(68)30(49)14-8-18-56-46(50)51)38(67)61-32(16-9-19-57-47(52)53)40(69)63-34(21-27-11-4-3-5-12-27)44(73)66(2)37(17-10-20-58-48(54)55)43(72)62-33(41(70)65-36(25-77)45(74)75)22-28-23-59-31-15-7-6-13-29(28)31/h3-7,11-13,15,23,26,30,32-37,59,76-77H,8-10,14,16-22,24-25,49H2,1-2H3,(H,60,71)(H,61,67)(H,62,72)(H,63,69)(H,64,68)(H,65,70)(H,74,75)(H4,50,51,56)(H4,52,53,57)(H4,54,55,58)/t26-,30+,32+,33-,34-,35+,36+,37+/m1/s1. The average molecular weight is 1110 g/mol. The van der Waals surface area contributed by atoms with Crippen molar-refractivity contribution in [1.29, 1.82) is 0 Å². The first-order chi connectivity index (χ1) is 36.6. The highest BCUT2D eigenvalue weighted by molar-refractivity contribution is 7.80. The monoisotopic (exact) mass is 1110 g/mol. The normalized spacial score (nSPS) is 14.0. The number of hydrogen-bond acceptors (Lipinski definition) is 14. The summed E-state index contributed by atoms with van der Waals surface area (Å²) < 4.78 is 0. The first-order valence-corrected chi connectivity index (χ1v) is 25.9. The number of thiol groups is 2. The number of fused-ring (bicyclic) bond motifs is 1. The summed E-state index contributed by atoms with van der Waals surface area (Å²) >= 11 is 8.27. The van der Waals surface area contributed by atoms with E-state index in [2.05, 4.69) is 77.1 Å². The molecule has 422 valence electrons. The third kappa shape index (κ3) is 21.8. The van der Waals surface area contributed by atoms with Crippen LogP contribution in [0.3, 0.4) is 0 Å². The summed E-state index contributed by atoms with van der Waals surface area (Å²) in [4.78, 5) is 126. The van der Waals surface area contributed by atoms with E-state index in [-0.39, 0.29) is 94.0 Å². The van der Waals surface area contributed by atoms with Gasteiger partial charge in [0.15, 0.2) is 17.9 Å². The molecule has 0 fully saturated rings. The van der Waals surface area contributed by atoms with Crippen molar-refractivity contribution in [3.63, 3.8) is 0 Å². The fraction of sp³-hybridized carbons (Fsp3) is 0.479. The van der Waals surface area contributed by atoms with E-state index in [9.17, 15) is 43.5 Å². The Kier molecular flexibility index (Phi) is 26.9. The van der Waals surface area contributed by atoms with Crippen molar-refractivity contribution in [1.82, 2.24) is 41.8 Å². The van der Waals surface area contributed by atoms with Crippen LogP contribution in [0.1, 0.15) is 56.6 Å². The van der Waals surface area contributed by atoms with Gasteiger partial charge in [0.2, 0.25) is 41.4 Å². The first-order valence-electron chi connectivity index (χ1n) is 24.6. The van der Waals surface area contributed by atoms with Crippen LogP contribution >= 0.6 is 25.3 Å². The molecule has 22 N–H and O–H groups in total. The molecule has 7 amide bonds. The van der Waals surface area contributed by atoms with Gasteiger partial charge in [-0.2, -0.15) is 25.3 Å². The Labute approximate surface area is 456 Å². The quantitative estimate of drug-likeness (QED) is 0.0120. The highest BCUT2D eigenvalue weighted by atomic mass is 32.1. The van der Waals surface area contributed by atoms with Gasteiger partial charge < -0.3 is 87.0 Å². The van der Waals surface area contributed by atoms with E-state index >= 15 is 0 Å². The third-order valence-electron chi connectivity index (χ3n) is 11.9. The van der Waals surface area contributed by atoms with Gasteiger partial charge >= 0.3 is 5.97 Å². The van der Waals surface area contributed by atoms with Crippen molar-refractivity contribution in [2.24, 2.45) is 55.1 Å². The van der Waals surface area contributed by atoms with Gasteiger partial charge in [-0.3, -0.25) is 48.5 Å². The fourth-order valence-corrected chi connectivity index (χ4v) is 8.25. The van der Waals surface area contributed by atoms with E-state index in [1.807, 2.05) is 18.2 Å². The maximum absolute atomic E-state index is 14.9. The molecule has 77 heavy (non-hydrogen) atoms. The van der Waals surface area contributed by atoms with Crippen LogP contribution in [0.4, 0.5) is 0 Å². The number of carboxylic acid groups (broad SMARTS) is 1. The zero-order valence-electron chi connectivity index (χ0n) is 43.0. The number of carbonyl (C=O) groups is 8. The molecule has 0 saturated carbocycles. The molecule has 1 heterocycles. The number of nitrogens with zero attached hydrogens (tertiary/aromatic N) is 4. The van der Waals surface area contributed by atoms with Crippen LogP contribution in [0.2, 0.25) is 0 Å². The van der Waals surface area contributed by atoms with Crippen molar-refractivity contribution >= 4 is 101 Å². The highest BCUT2D eigenvalue weighted by Gasteiger charge is 2.37. The van der Waals surface area contributed by atoms with Gasteiger partial charge in [-0.15, -0.1) is 0 Å². The second-order valence-electron chi connectivity index (χ2n) is 17.9. The molecule has 0 saturated heterocycles. The molecule has 0 radical (unpaired) electrons. The lowest BCUT2D eigenvalue weighted by Gasteiger charge is -2.33. The van der Waals surface area contributed by atoms with Crippen LogP contribution in [0.5, 0.6) is 0 Å². The number of carbonyl (C=O) groups excluding carboxylic acids is 7. The topological polar surface area (TPSA) is 467 Å². The molecule has 27 nitrogen and oxygen atoms in total. The van der Waals surface area contributed by atoms with Gasteiger partial charge in [0.1, 0.15) is 42.3 Å². The predicted molar refractivity (Wildman–Crippen MR) is 299 cm³/mol. The van der Waals surface area contributed by atoms with Crippen molar-refractivity contribution in [3.8, 4) is 0 Å². The van der Waals surface area contributed by atoms with Crippen molar-refractivity contribution in [3.05, 3.63) is 71.9 Å². The van der Waals surface area contributed by atoms with E-state index in [0.717, 1.165) is 15.8 Å². The van der Waals surface area contributed by atoms with Gasteiger partial charge in [-0.1, -0.05) is 48.5 Å². The van der Waals surface area contributed by atoms with E-state index in [1.54, 1.807) is 42.6 Å². The number of likely N-dealkylation sites (N-methyl/N-ethyl adjacent to an activating group) is 1. The number of aromatic nitrogens is 1. The van der Waals surface area contributed by atoms with Gasteiger partial charge in [-0.05, 0) is 62.6 Å². The Bertz CT molecular complexity index is 2560. The molecular formula is C48H74N18O9S2. The lowest BCUT2D eigenvalue weighted by Crippen LogP contribution is -2.60. The van der Waals surface area contributed by atoms with Crippen LogP contribution in [0.25, 0.3) is 10.9 Å². The molecule has 0 unspecified atom stereocenters. The third-order valence-corrected chi connectivity index (χ3v) is 12.7. The first kappa shape index (κ1) is 63.5. The maximum Gasteiger partial charge on any atom is 0.327 e. The highest BCUT2D eigenvalue weighted by Crippen LogP contribution is 2.20. The summed E-state index contributed by atoms with van der Waals surface area (Å²) in [7, 11) is 1.34. The average Bonchev–Trinajstić information content (AvgIpc) is 3.80. The number of aliphatic carboxylic acids is 1. The molecule has 3 aromatic rings. The summed E-state index contributed by atoms with van der Waals surface area (Å²) in [5, 5.41) is 26.1. The minimum Gasteiger partial charge on any atom is -0.480 e. The molecular weight excluding hydrogens is 1040 g/mol. The zero-order chi connectivity index (χ0) is 57.2. The fourth-order valence-electron chi connectivity index (χ4n) is 7.74. The predicted octanol–water partition coefficient (Wildman–Crippen LogP) is -3.86. The van der Waals surface area contributed by atoms with Crippen LogP contribution in [0, 0.1) is 0 Å². The molecule has 0 spiro atoms. The number of H-pyrrole nitrogens is 1.